The number of benzene rings is 2. The average Bonchev–Trinajstić information content (AvgIpc) is 2.88. The van der Waals surface area contributed by atoms with Crippen molar-refractivity contribution in [2.75, 3.05) is 33.2 Å². The molecule has 40 heavy (non-hydrogen) atoms. The molecule has 9 nitrogen and oxygen atoms in total. The van der Waals surface area contributed by atoms with Gasteiger partial charge in [0, 0.05) is 38.9 Å². The summed E-state index contributed by atoms with van der Waals surface area (Å²) in [7, 11) is -2.36. The summed E-state index contributed by atoms with van der Waals surface area (Å²) in [5, 5.41) is 20.6. The van der Waals surface area contributed by atoms with Crippen molar-refractivity contribution < 1.29 is 23.1 Å². The predicted molar refractivity (Wildman–Crippen MR) is 158 cm³/mol. The highest BCUT2D eigenvalue weighted by atomic mass is 32.2. The summed E-state index contributed by atoms with van der Waals surface area (Å²) in [6, 6.07) is 17.4. The summed E-state index contributed by atoms with van der Waals surface area (Å²) in [5.74, 6) is -0.178. The average molecular weight is 575 g/mol. The molecule has 0 radical (unpaired) electrons. The van der Waals surface area contributed by atoms with Gasteiger partial charge < -0.3 is 21.1 Å². The molecule has 10 heteroatoms. The molecule has 0 saturated carbocycles. The van der Waals surface area contributed by atoms with E-state index in [0.717, 1.165) is 5.56 Å². The molecular weight excluding hydrogens is 528 g/mol. The Morgan fingerprint density at radius 1 is 0.950 bits per heavy atom. The molecule has 4 N–H and O–H groups in total. The van der Waals surface area contributed by atoms with Gasteiger partial charge >= 0.3 is 0 Å². The van der Waals surface area contributed by atoms with E-state index in [1.54, 1.807) is 25.2 Å². The number of rotatable bonds is 17. The zero-order chi connectivity index (χ0) is 29.8. The molecule has 0 saturated heterocycles. The van der Waals surface area contributed by atoms with E-state index in [2.05, 4.69) is 16.0 Å². The van der Waals surface area contributed by atoms with Crippen LogP contribution in [0.4, 0.5) is 0 Å². The smallest absolute Gasteiger partial charge is 0.245 e. The van der Waals surface area contributed by atoms with Gasteiger partial charge in [-0.1, -0.05) is 76.2 Å². The summed E-state index contributed by atoms with van der Waals surface area (Å²) in [6.45, 7) is 8.52. The highest BCUT2D eigenvalue weighted by Gasteiger charge is 2.42. The van der Waals surface area contributed by atoms with Crippen molar-refractivity contribution in [1.82, 2.24) is 20.3 Å². The van der Waals surface area contributed by atoms with Gasteiger partial charge in [-0.15, -0.1) is 0 Å². The molecule has 0 aliphatic rings. The molecule has 0 fully saturated rings. The number of amides is 2. The van der Waals surface area contributed by atoms with E-state index in [9.17, 15) is 23.1 Å². The topological polar surface area (TPSA) is 128 Å². The Kier molecular flexibility index (Phi) is 12.8. The third-order valence-electron chi connectivity index (χ3n) is 6.62. The van der Waals surface area contributed by atoms with Crippen LogP contribution < -0.4 is 16.0 Å². The fourth-order valence-electron chi connectivity index (χ4n) is 4.39. The number of carbonyl (C=O) groups is 2. The van der Waals surface area contributed by atoms with Crippen LogP contribution in [0.3, 0.4) is 0 Å². The highest BCUT2D eigenvalue weighted by molar-refractivity contribution is 7.89. The lowest BCUT2D eigenvalue weighted by Gasteiger charge is -2.39. The lowest BCUT2D eigenvalue weighted by atomic mass is 9.88. The van der Waals surface area contributed by atoms with E-state index in [4.69, 9.17) is 0 Å². The van der Waals surface area contributed by atoms with Crippen LogP contribution in [0.5, 0.6) is 0 Å². The second-order valence-corrected chi connectivity index (χ2v) is 13.3. The van der Waals surface area contributed by atoms with Crippen LogP contribution in [0.2, 0.25) is 0 Å². The first-order valence-corrected chi connectivity index (χ1v) is 15.3. The van der Waals surface area contributed by atoms with E-state index in [-0.39, 0.29) is 61.5 Å². The number of nitrogens with zero attached hydrogens (tertiary/aromatic N) is 1. The van der Waals surface area contributed by atoms with Crippen LogP contribution in [0.25, 0.3) is 0 Å². The molecule has 0 aromatic heterocycles. The molecule has 2 amide bonds. The van der Waals surface area contributed by atoms with E-state index in [1.165, 1.54) is 16.4 Å². The molecule has 1 atom stereocenters. The van der Waals surface area contributed by atoms with Crippen LogP contribution in [0, 0.1) is 11.3 Å². The van der Waals surface area contributed by atoms with Crippen LogP contribution in [-0.2, 0) is 26.0 Å². The number of carbonyl (C=O) groups excluding carboxylic acids is 2. The van der Waals surface area contributed by atoms with E-state index >= 15 is 0 Å². The summed E-state index contributed by atoms with van der Waals surface area (Å²) in [4.78, 5) is 24.7. The molecular formula is C30H46N4O5S. The Hall–Kier alpha value is -2.79. The minimum Gasteiger partial charge on any atom is -0.374 e. The second-order valence-electron chi connectivity index (χ2n) is 11.5. The maximum Gasteiger partial charge on any atom is 0.245 e. The molecule has 2 rings (SSSR count). The van der Waals surface area contributed by atoms with Gasteiger partial charge in [0.25, 0.3) is 0 Å². The number of sulfonamides is 1. The summed E-state index contributed by atoms with van der Waals surface area (Å²) < 4.78 is 29.0. The predicted octanol–water partition coefficient (Wildman–Crippen LogP) is 2.91. The molecule has 0 spiro atoms. The number of hydrogen-bond acceptors (Lipinski definition) is 6. The largest absolute Gasteiger partial charge is 0.374 e. The van der Waals surface area contributed by atoms with Crippen LogP contribution in [0.1, 0.15) is 52.5 Å². The zero-order valence-corrected chi connectivity index (χ0v) is 25.3. The van der Waals surface area contributed by atoms with Gasteiger partial charge in [0.2, 0.25) is 21.8 Å². The molecule has 0 aliphatic heterocycles. The van der Waals surface area contributed by atoms with Crippen molar-refractivity contribution >= 4 is 21.8 Å². The number of aliphatic hydroxyl groups is 1. The maximum atomic E-state index is 13.9. The maximum absolute atomic E-state index is 13.9. The molecule has 0 heterocycles. The summed E-state index contributed by atoms with van der Waals surface area (Å²) in [6.07, 6.45) is 0.778. The van der Waals surface area contributed by atoms with Crippen molar-refractivity contribution in [3.8, 4) is 0 Å². The van der Waals surface area contributed by atoms with E-state index in [0.29, 0.717) is 13.0 Å². The molecule has 0 bridgehead atoms. The van der Waals surface area contributed by atoms with Gasteiger partial charge in [0.15, 0.2) is 0 Å². The van der Waals surface area contributed by atoms with E-state index in [1.807, 2.05) is 58.0 Å². The quantitative estimate of drug-likeness (QED) is 0.215. The van der Waals surface area contributed by atoms with Gasteiger partial charge in [-0.2, -0.15) is 4.31 Å². The summed E-state index contributed by atoms with van der Waals surface area (Å²) >= 11 is 0. The van der Waals surface area contributed by atoms with Gasteiger partial charge in [0.05, 0.1) is 11.4 Å². The van der Waals surface area contributed by atoms with Crippen LogP contribution >= 0.6 is 0 Å². The summed E-state index contributed by atoms with van der Waals surface area (Å²) in [5.41, 5.74) is -1.49. The normalized spacial score (nSPS) is 13.7. The van der Waals surface area contributed by atoms with Crippen molar-refractivity contribution in [2.24, 2.45) is 11.3 Å². The third kappa shape index (κ3) is 10.6. The Labute approximate surface area is 239 Å². The van der Waals surface area contributed by atoms with Crippen molar-refractivity contribution in [3.05, 3.63) is 66.2 Å². The highest BCUT2D eigenvalue weighted by Crippen LogP contribution is 2.30. The monoisotopic (exact) mass is 574 g/mol. The molecule has 1 unspecified atom stereocenters. The van der Waals surface area contributed by atoms with Crippen molar-refractivity contribution in [1.29, 1.82) is 0 Å². The molecule has 222 valence electrons. The first-order chi connectivity index (χ1) is 18.8. The lowest BCUT2D eigenvalue weighted by Crippen LogP contribution is -2.55. The Balaban J connectivity index is 2.25. The Bertz CT molecular complexity index is 1170. The fraction of sp³-hybridized carbons (Fsp3) is 0.533. The minimum absolute atomic E-state index is 0.00285. The SMILES string of the molecule is CNCC(=O)NCC(C)(C)CC(=O)NCCC(O)(Cc1ccccc1)N(CCC(C)C)S(=O)(=O)c1ccccc1. The zero-order valence-electron chi connectivity index (χ0n) is 24.4. The van der Waals surface area contributed by atoms with Crippen molar-refractivity contribution in [3.63, 3.8) is 0 Å². The molecule has 2 aromatic carbocycles. The first kappa shape index (κ1) is 33.4. The molecule has 2 aromatic rings. The van der Waals surface area contributed by atoms with Gasteiger partial charge in [-0.3, -0.25) is 9.59 Å². The fourth-order valence-corrected chi connectivity index (χ4v) is 6.10. The van der Waals surface area contributed by atoms with Gasteiger partial charge in [-0.05, 0) is 42.5 Å². The number of hydrogen-bond donors (Lipinski definition) is 4. The third-order valence-corrected chi connectivity index (χ3v) is 8.59. The minimum atomic E-state index is -4.05. The Morgan fingerprint density at radius 2 is 1.55 bits per heavy atom. The van der Waals surface area contributed by atoms with Gasteiger partial charge in [0.1, 0.15) is 5.72 Å². The first-order valence-electron chi connectivity index (χ1n) is 13.8. The number of likely N-dealkylation sites (N-methyl/N-ethyl adjacent to an activating group) is 1. The van der Waals surface area contributed by atoms with Crippen molar-refractivity contribution in [2.45, 2.75) is 64.0 Å². The Morgan fingerprint density at radius 3 is 2.12 bits per heavy atom. The molecule has 0 aliphatic carbocycles. The van der Waals surface area contributed by atoms with Crippen LogP contribution in [-0.4, -0.2) is 68.6 Å². The number of nitrogens with one attached hydrogen (secondary N) is 3. The van der Waals surface area contributed by atoms with E-state index < -0.39 is 21.2 Å². The van der Waals surface area contributed by atoms with Crippen LogP contribution in [0.15, 0.2) is 65.6 Å². The lowest BCUT2D eigenvalue weighted by molar-refractivity contribution is -0.125. The van der Waals surface area contributed by atoms with Gasteiger partial charge in [-0.25, -0.2) is 8.42 Å². The second kappa shape index (κ2) is 15.3. The standard InChI is InChI=1S/C30H46N4O5S/c1-24(2)16-19-34(40(38,39)26-14-10-7-11-15-26)30(37,20-25-12-8-6-9-13-25)17-18-32-27(35)21-29(3,4)23-33-28(36)22-31-5/h6-15,24,31,37H,16-23H2,1-5H3,(H,32,35)(H,33,36).